The Hall–Kier alpha value is -2.57. The van der Waals surface area contributed by atoms with Gasteiger partial charge in [0.1, 0.15) is 11.6 Å². The van der Waals surface area contributed by atoms with E-state index >= 15 is 0 Å². The molecular formula is C15H12F4N2O. The maximum Gasteiger partial charge on any atom is 0.319 e. The summed E-state index contributed by atoms with van der Waals surface area (Å²) in [5.74, 6) is -3.68. The van der Waals surface area contributed by atoms with Crippen LogP contribution in [0, 0.1) is 23.3 Å². The van der Waals surface area contributed by atoms with Gasteiger partial charge in [0.05, 0.1) is 6.04 Å². The molecule has 0 unspecified atom stereocenters. The van der Waals surface area contributed by atoms with Crippen molar-refractivity contribution < 1.29 is 22.4 Å². The summed E-state index contributed by atoms with van der Waals surface area (Å²) < 4.78 is 52.0. The smallest absolute Gasteiger partial charge is 0.319 e. The molecule has 0 heterocycles. The van der Waals surface area contributed by atoms with Crippen LogP contribution in [-0.4, -0.2) is 6.03 Å². The fourth-order valence-corrected chi connectivity index (χ4v) is 1.85. The van der Waals surface area contributed by atoms with Gasteiger partial charge in [-0.1, -0.05) is 6.07 Å². The van der Waals surface area contributed by atoms with E-state index in [4.69, 9.17) is 0 Å². The van der Waals surface area contributed by atoms with Crippen LogP contribution in [0.5, 0.6) is 0 Å². The van der Waals surface area contributed by atoms with Crippen molar-refractivity contribution in [3.05, 3.63) is 65.2 Å². The highest BCUT2D eigenvalue weighted by molar-refractivity contribution is 5.89. The minimum absolute atomic E-state index is 0.0625. The molecule has 0 fully saturated rings. The molecule has 0 saturated carbocycles. The Labute approximate surface area is 124 Å². The van der Waals surface area contributed by atoms with Crippen molar-refractivity contribution in [3.8, 4) is 0 Å². The van der Waals surface area contributed by atoms with Gasteiger partial charge in [0.2, 0.25) is 0 Å². The number of nitrogens with one attached hydrogen (secondary N) is 2. The first-order valence-electron chi connectivity index (χ1n) is 6.33. The standard InChI is InChI=1S/C15H12F4N2O/c1-8(9-2-3-13(18)14(19)4-9)20-15(22)21-12-6-10(16)5-11(17)7-12/h2-8H,1H3,(H2,20,21,22)/t8-/m0/s1. The molecule has 2 amide bonds. The first-order valence-corrected chi connectivity index (χ1v) is 6.33. The van der Waals surface area contributed by atoms with Crippen LogP contribution in [0.3, 0.4) is 0 Å². The topological polar surface area (TPSA) is 41.1 Å². The second-order valence-corrected chi connectivity index (χ2v) is 4.65. The third-order valence-corrected chi connectivity index (χ3v) is 2.91. The van der Waals surface area contributed by atoms with Gasteiger partial charge in [-0.2, -0.15) is 0 Å². The Morgan fingerprint density at radius 1 is 0.955 bits per heavy atom. The molecule has 2 N–H and O–H groups in total. The summed E-state index contributed by atoms with van der Waals surface area (Å²) in [7, 11) is 0. The molecule has 2 aromatic rings. The summed E-state index contributed by atoms with van der Waals surface area (Å²) in [6.07, 6.45) is 0. The predicted octanol–water partition coefficient (Wildman–Crippen LogP) is 4.13. The Balaban J connectivity index is 2.03. The molecule has 0 radical (unpaired) electrons. The van der Waals surface area contributed by atoms with E-state index in [2.05, 4.69) is 10.6 Å². The largest absolute Gasteiger partial charge is 0.331 e. The summed E-state index contributed by atoms with van der Waals surface area (Å²) in [6, 6.07) is 4.44. The summed E-state index contributed by atoms with van der Waals surface area (Å²) in [4.78, 5) is 11.7. The minimum atomic E-state index is -1.03. The molecular weight excluding hydrogens is 300 g/mol. The van der Waals surface area contributed by atoms with Crippen molar-refractivity contribution >= 4 is 11.7 Å². The number of carbonyl (C=O) groups is 1. The Morgan fingerprint density at radius 3 is 2.18 bits per heavy atom. The van der Waals surface area contributed by atoms with Crippen molar-refractivity contribution in [1.82, 2.24) is 5.32 Å². The van der Waals surface area contributed by atoms with E-state index in [-0.39, 0.29) is 5.69 Å². The summed E-state index contributed by atoms with van der Waals surface area (Å²) in [5.41, 5.74) is 0.284. The number of amides is 2. The number of anilines is 1. The van der Waals surface area contributed by atoms with Gasteiger partial charge in [-0.25, -0.2) is 22.4 Å². The van der Waals surface area contributed by atoms with Gasteiger partial charge in [-0.15, -0.1) is 0 Å². The molecule has 2 aromatic carbocycles. The molecule has 0 aliphatic heterocycles. The van der Waals surface area contributed by atoms with E-state index < -0.39 is 35.3 Å². The fraction of sp³-hybridized carbons (Fsp3) is 0.133. The second-order valence-electron chi connectivity index (χ2n) is 4.65. The summed E-state index contributed by atoms with van der Waals surface area (Å²) in [5, 5.41) is 4.70. The number of carbonyl (C=O) groups excluding carboxylic acids is 1. The van der Waals surface area contributed by atoms with E-state index in [1.54, 1.807) is 6.92 Å². The lowest BCUT2D eigenvalue weighted by Gasteiger charge is -2.15. The molecule has 0 spiro atoms. The Kier molecular flexibility index (Phi) is 4.65. The van der Waals surface area contributed by atoms with Gasteiger partial charge in [-0.05, 0) is 36.8 Å². The molecule has 2 rings (SSSR count). The molecule has 116 valence electrons. The number of rotatable bonds is 3. The molecule has 0 aliphatic carbocycles. The number of hydrogen-bond acceptors (Lipinski definition) is 1. The molecule has 3 nitrogen and oxygen atoms in total. The lowest BCUT2D eigenvalue weighted by molar-refractivity contribution is 0.249. The quantitative estimate of drug-likeness (QED) is 0.822. The lowest BCUT2D eigenvalue weighted by atomic mass is 10.1. The number of halogens is 4. The van der Waals surface area contributed by atoms with Gasteiger partial charge >= 0.3 is 6.03 Å². The lowest BCUT2D eigenvalue weighted by Crippen LogP contribution is -2.31. The van der Waals surface area contributed by atoms with Gasteiger partial charge in [-0.3, -0.25) is 0 Å². The molecule has 0 bridgehead atoms. The van der Waals surface area contributed by atoms with Crippen LogP contribution in [0.1, 0.15) is 18.5 Å². The van der Waals surface area contributed by atoms with E-state index in [0.717, 1.165) is 24.3 Å². The van der Waals surface area contributed by atoms with Crippen molar-refractivity contribution in [3.63, 3.8) is 0 Å². The fourth-order valence-electron chi connectivity index (χ4n) is 1.85. The monoisotopic (exact) mass is 312 g/mol. The van der Waals surface area contributed by atoms with Gasteiger partial charge in [0.15, 0.2) is 11.6 Å². The highest BCUT2D eigenvalue weighted by atomic mass is 19.2. The summed E-state index contributed by atoms with van der Waals surface area (Å²) in [6.45, 7) is 1.55. The zero-order chi connectivity index (χ0) is 16.3. The molecule has 0 saturated heterocycles. The normalized spacial score (nSPS) is 11.9. The first-order chi connectivity index (χ1) is 10.3. The number of hydrogen-bond donors (Lipinski definition) is 2. The van der Waals surface area contributed by atoms with Gasteiger partial charge in [0.25, 0.3) is 0 Å². The van der Waals surface area contributed by atoms with Crippen molar-refractivity contribution in [1.29, 1.82) is 0 Å². The molecule has 7 heteroatoms. The molecule has 0 aromatic heterocycles. The van der Waals surface area contributed by atoms with Crippen molar-refractivity contribution in [2.45, 2.75) is 13.0 Å². The van der Waals surface area contributed by atoms with Crippen LogP contribution in [-0.2, 0) is 0 Å². The zero-order valence-corrected chi connectivity index (χ0v) is 11.5. The molecule has 22 heavy (non-hydrogen) atoms. The number of benzene rings is 2. The third kappa shape index (κ3) is 3.97. The van der Waals surface area contributed by atoms with E-state index in [1.807, 2.05) is 0 Å². The SMILES string of the molecule is C[C@H](NC(=O)Nc1cc(F)cc(F)c1)c1ccc(F)c(F)c1. The second kappa shape index (κ2) is 6.46. The average Bonchev–Trinajstić information content (AvgIpc) is 2.40. The van der Waals surface area contributed by atoms with Crippen LogP contribution in [0.2, 0.25) is 0 Å². The Morgan fingerprint density at radius 2 is 1.59 bits per heavy atom. The van der Waals surface area contributed by atoms with Crippen molar-refractivity contribution in [2.75, 3.05) is 5.32 Å². The van der Waals surface area contributed by atoms with Crippen molar-refractivity contribution in [2.24, 2.45) is 0 Å². The summed E-state index contributed by atoms with van der Waals surface area (Å²) >= 11 is 0. The zero-order valence-electron chi connectivity index (χ0n) is 11.5. The average molecular weight is 312 g/mol. The Bertz CT molecular complexity index is 686. The van der Waals surface area contributed by atoms with Gasteiger partial charge in [0, 0.05) is 11.8 Å². The molecule has 1 atom stereocenters. The molecule has 0 aliphatic rings. The van der Waals surface area contributed by atoms with E-state index in [9.17, 15) is 22.4 Å². The number of urea groups is 1. The van der Waals surface area contributed by atoms with E-state index in [0.29, 0.717) is 11.6 Å². The highest BCUT2D eigenvalue weighted by Gasteiger charge is 2.12. The maximum atomic E-state index is 13.1. The van der Waals surface area contributed by atoms with Crippen LogP contribution >= 0.6 is 0 Å². The maximum absolute atomic E-state index is 13.1. The van der Waals surface area contributed by atoms with Crippen LogP contribution in [0.15, 0.2) is 36.4 Å². The van der Waals surface area contributed by atoms with E-state index in [1.165, 1.54) is 6.07 Å². The van der Waals surface area contributed by atoms with Crippen LogP contribution in [0.4, 0.5) is 28.0 Å². The van der Waals surface area contributed by atoms with Gasteiger partial charge < -0.3 is 10.6 Å². The van der Waals surface area contributed by atoms with Crippen LogP contribution < -0.4 is 10.6 Å². The third-order valence-electron chi connectivity index (χ3n) is 2.91. The minimum Gasteiger partial charge on any atom is -0.331 e. The first kappa shape index (κ1) is 15.8. The predicted molar refractivity (Wildman–Crippen MR) is 73.3 cm³/mol. The van der Waals surface area contributed by atoms with Crippen LogP contribution in [0.25, 0.3) is 0 Å². The highest BCUT2D eigenvalue weighted by Crippen LogP contribution is 2.17.